The molecule has 0 aliphatic rings. The lowest BCUT2D eigenvalue weighted by atomic mass is 10.2. The van der Waals surface area contributed by atoms with Gasteiger partial charge in [0.25, 0.3) is 0 Å². The Bertz CT molecular complexity index is 392. The summed E-state index contributed by atoms with van der Waals surface area (Å²) >= 11 is 0. The summed E-state index contributed by atoms with van der Waals surface area (Å²) < 4.78 is 27.8. The Kier molecular flexibility index (Phi) is 4.86. The molecule has 0 aromatic heterocycles. The fourth-order valence-corrected chi connectivity index (χ4v) is 0.926. The number of rotatable bonds is 6. The summed E-state index contributed by atoms with van der Waals surface area (Å²) in [6, 6.07) is 5.63. The number of ether oxygens (including phenoxy) is 1. The maximum atomic E-state index is 11.8. The van der Waals surface area contributed by atoms with Crippen LogP contribution in [0.5, 0.6) is 5.75 Å². The molecule has 0 aliphatic carbocycles. The normalized spacial score (nSPS) is 10.8. The molecule has 5 nitrogen and oxygen atoms in total. The molecule has 1 aromatic carbocycles. The van der Waals surface area contributed by atoms with Crippen LogP contribution in [-0.2, 0) is 9.63 Å². The number of carboxylic acids is 1. The van der Waals surface area contributed by atoms with Gasteiger partial charge in [0.15, 0.2) is 0 Å². The minimum Gasteiger partial charge on any atom is -0.479 e. The Morgan fingerprint density at radius 2 is 2.06 bits per heavy atom. The molecule has 1 aromatic rings. The van der Waals surface area contributed by atoms with Crippen molar-refractivity contribution in [1.82, 2.24) is 0 Å². The first-order valence-electron chi connectivity index (χ1n) is 4.50. The third kappa shape index (κ3) is 5.45. The van der Waals surface area contributed by atoms with Gasteiger partial charge in [-0.3, -0.25) is 0 Å². The molecule has 1 N–H and O–H groups in total. The highest BCUT2D eigenvalue weighted by atomic mass is 19.3. The second-order valence-corrected chi connectivity index (χ2v) is 2.85. The van der Waals surface area contributed by atoms with E-state index < -0.39 is 19.2 Å². The molecule has 0 unspecified atom stereocenters. The van der Waals surface area contributed by atoms with Crippen molar-refractivity contribution in [1.29, 1.82) is 0 Å². The lowest BCUT2D eigenvalue weighted by Crippen LogP contribution is -2.03. The third-order valence-corrected chi connectivity index (χ3v) is 1.57. The predicted octanol–water partition coefficient (Wildman–Crippen LogP) is 1.72. The molecule has 0 atom stereocenters. The smallest absolute Gasteiger partial charge is 0.387 e. The number of carbonyl (C=O) groups is 1. The van der Waals surface area contributed by atoms with Crippen LogP contribution < -0.4 is 4.74 Å². The number of alkyl halides is 2. The zero-order valence-electron chi connectivity index (χ0n) is 8.55. The number of benzene rings is 1. The molecule has 0 saturated heterocycles. The third-order valence-electron chi connectivity index (χ3n) is 1.57. The lowest BCUT2D eigenvalue weighted by molar-refractivity contribution is -0.142. The Morgan fingerprint density at radius 1 is 1.41 bits per heavy atom. The number of hydrogen-bond acceptors (Lipinski definition) is 4. The van der Waals surface area contributed by atoms with Gasteiger partial charge in [0.2, 0.25) is 6.61 Å². The van der Waals surface area contributed by atoms with Crippen LogP contribution in [0.4, 0.5) is 8.78 Å². The van der Waals surface area contributed by atoms with E-state index in [9.17, 15) is 13.6 Å². The van der Waals surface area contributed by atoms with E-state index in [-0.39, 0.29) is 5.75 Å². The largest absolute Gasteiger partial charge is 0.479 e. The summed E-state index contributed by atoms with van der Waals surface area (Å²) in [7, 11) is 0. The molecule has 17 heavy (non-hydrogen) atoms. The SMILES string of the molecule is O=C(O)CON=Cc1ccc(OC(F)F)cc1. The summed E-state index contributed by atoms with van der Waals surface area (Å²) in [5.41, 5.74) is 0.567. The van der Waals surface area contributed by atoms with Crippen molar-refractivity contribution >= 4 is 12.2 Å². The van der Waals surface area contributed by atoms with Crippen molar-refractivity contribution in [2.45, 2.75) is 6.61 Å². The van der Waals surface area contributed by atoms with Crippen molar-refractivity contribution < 1.29 is 28.3 Å². The minimum absolute atomic E-state index is 0.0311. The molecule has 0 spiro atoms. The van der Waals surface area contributed by atoms with Crippen LogP contribution in [0.2, 0.25) is 0 Å². The van der Waals surface area contributed by atoms with E-state index in [1.807, 2.05) is 0 Å². The van der Waals surface area contributed by atoms with Crippen LogP contribution in [0.3, 0.4) is 0 Å². The molecule has 0 aliphatic heterocycles. The monoisotopic (exact) mass is 245 g/mol. The van der Waals surface area contributed by atoms with Crippen molar-refractivity contribution in [3.8, 4) is 5.75 Å². The first kappa shape index (κ1) is 12.9. The number of halogens is 2. The van der Waals surface area contributed by atoms with E-state index in [0.717, 1.165) is 0 Å². The quantitative estimate of drug-likeness (QED) is 0.612. The first-order valence-corrected chi connectivity index (χ1v) is 4.50. The second kappa shape index (κ2) is 6.41. The zero-order chi connectivity index (χ0) is 12.7. The van der Waals surface area contributed by atoms with E-state index in [2.05, 4.69) is 14.7 Å². The Balaban J connectivity index is 2.47. The summed E-state index contributed by atoms with van der Waals surface area (Å²) in [6.45, 7) is -3.41. The van der Waals surface area contributed by atoms with Crippen LogP contribution >= 0.6 is 0 Å². The van der Waals surface area contributed by atoms with Gasteiger partial charge in [-0.25, -0.2) is 4.79 Å². The fourth-order valence-electron chi connectivity index (χ4n) is 0.926. The number of hydrogen-bond donors (Lipinski definition) is 1. The zero-order valence-corrected chi connectivity index (χ0v) is 8.55. The van der Waals surface area contributed by atoms with Crippen molar-refractivity contribution in [3.63, 3.8) is 0 Å². The van der Waals surface area contributed by atoms with Crippen LogP contribution in [0, 0.1) is 0 Å². The van der Waals surface area contributed by atoms with Gasteiger partial charge in [0.05, 0.1) is 6.21 Å². The maximum absolute atomic E-state index is 11.8. The molecule has 0 saturated carbocycles. The van der Waals surface area contributed by atoms with E-state index in [4.69, 9.17) is 5.11 Å². The van der Waals surface area contributed by atoms with E-state index >= 15 is 0 Å². The standard InChI is InChI=1S/C10H9F2NO4/c11-10(12)17-8-3-1-7(2-4-8)5-13-16-6-9(14)15/h1-5,10H,6H2,(H,14,15). The average Bonchev–Trinajstić information content (AvgIpc) is 2.25. The molecular formula is C10H9F2NO4. The second-order valence-electron chi connectivity index (χ2n) is 2.85. The fraction of sp³-hybridized carbons (Fsp3) is 0.200. The molecule has 1 rings (SSSR count). The van der Waals surface area contributed by atoms with Gasteiger partial charge in [-0.05, 0) is 29.8 Å². The number of aliphatic carboxylic acids is 1. The average molecular weight is 245 g/mol. The highest BCUT2D eigenvalue weighted by Gasteiger charge is 2.02. The van der Waals surface area contributed by atoms with Gasteiger partial charge in [-0.15, -0.1) is 0 Å². The van der Waals surface area contributed by atoms with Crippen molar-refractivity contribution in [3.05, 3.63) is 29.8 Å². The molecule has 0 radical (unpaired) electrons. The van der Waals surface area contributed by atoms with Crippen LogP contribution in [-0.4, -0.2) is 30.5 Å². The molecule has 0 fully saturated rings. The Labute approximate surface area is 95.3 Å². The van der Waals surface area contributed by atoms with E-state index in [1.54, 1.807) is 0 Å². The highest BCUT2D eigenvalue weighted by Crippen LogP contribution is 2.13. The van der Waals surface area contributed by atoms with Gasteiger partial charge in [-0.2, -0.15) is 8.78 Å². The summed E-state index contributed by atoms with van der Waals surface area (Å²) in [4.78, 5) is 14.5. The van der Waals surface area contributed by atoms with Crippen molar-refractivity contribution in [2.24, 2.45) is 5.16 Å². The van der Waals surface area contributed by atoms with Crippen molar-refractivity contribution in [2.75, 3.05) is 6.61 Å². The van der Waals surface area contributed by atoms with Gasteiger partial charge in [0, 0.05) is 0 Å². The maximum Gasteiger partial charge on any atom is 0.387 e. The lowest BCUT2D eigenvalue weighted by Gasteiger charge is -2.03. The molecule has 0 bridgehead atoms. The molecule has 0 heterocycles. The van der Waals surface area contributed by atoms with Crippen LogP contribution in [0.25, 0.3) is 0 Å². The summed E-state index contributed by atoms with van der Waals surface area (Å²) in [6.07, 6.45) is 1.26. The topological polar surface area (TPSA) is 68.1 Å². The molecular weight excluding hydrogens is 236 g/mol. The van der Waals surface area contributed by atoms with Crippen LogP contribution in [0.15, 0.2) is 29.4 Å². The van der Waals surface area contributed by atoms with E-state index in [1.165, 1.54) is 30.5 Å². The number of carboxylic acid groups (broad SMARTS) is 1. The Hall–Kier alpha value is -2.18. The summed E-state index contributed by atoms with van der Waals surface area (Å²) in [5, 5.41) is 11.6. The number of oxime groups is 1. The first-order chi connectivity index (χ1) is 8.08. The van der Waals surface area contributed by atoms with Gasteiger partial charge in [0.1, 0.15) is 5.75 Å². The van der Waals surface area contributed by atoms with Crippen LogP contribution in [0.1, 0.15) is 5.56 Å². The highest BCUT2D eigenvalue weighted by molar-refractivity contribution is 5.79. The molecule has 7 heteroatoms. The molecule has 92 valence electrons. The molecule has 0 amide bonds. The predicted molar refractivity (Wildman–Crippen MR) is 54.3 cm³/mol. The van der Waals surface area contributed by atoms with Gasteiger partial charge >= 0.3 is 12.6 Å². The minimum atomic E-state index is -2.87. The summed E-state index contributed by atoms with van der Waals surface area (Å²) in [5.74, 6) is -1.11. The van der Waals surface area contributed by atoms with Gasteiger partial charge < -0.3 is 14.7 Å². The van der Waals surface area contributed by atoms with Gasteiger partial charge in [-0.1, -0.05) is 5.16 Å². The van der Waals surface area contributed by atoms with E-state index in [0.29, 0.717) is 5.56 Å². The number of nitrogens with zero attached hydrogens (tertiary/aromatic N) is 1. The Morgan fingerprint density at radius 3 is 2.59 bits per heavy atom.